The Labute approximate surface area is 55.7 Å². The molecule has 3 nitrogen and oxygen atoms in total. The minimum atomic E-state index is -0.995. The summed E-state index contributed by atoms with van der Waals surface area (Å²) in [6, 6.07) is 0. The molecule has 1 radical (unpaired) electrons. The fourth-order valence-corrected chi connectivity index (χ4v) is 1.08. The predicted molar refractivity (Wildman–Crippen MR) is 34.5 cm³/mol. The van der Waals surface area contributed by atoms with E-state index in [2.05, 4.69) is 5.38 Å². The van der Waals surface area contributed by atoms with Crippen molar-refractivity contribution < 1.29 is 9.90 Å². The van der Waals surface area contributed by atoms with Gasteiger partial charge in [0.1, 0.15) is 0 Å². The lowest BCUT2D eigenvalue weighted by Gasteiger charge is -1.86. The first-order valence-electron chi connectivity index (χ1n) is 2.19. The second kappa shape index (κ2) is 2.06. The van der Waals surface area contributed by atoms with E-state index in [0.29, 0.717) is 0 Å². The van der Waals surface area contributed by atoms with Gasteiger partial charge in [-0.2, -0.15) is 0 Å². The van der Waals surface area contributed by atoms with Crippen molar-refractivity contribution in [2.75, 3.05) is 5.73 Å². The lowest BCUT2D eigenvalue weighted by Crippen LogP contribution is -1.97. The van der Waals surface area contributed by atoms with E-state index >= 15 is 0 Å². The molecule has 1 rings (SSSR count). The van der Waals surface area contributed by atoms with Gasteiger partial charge < -0.3 is 10.8 Å². The number of thiophene rings is 1. The quantitative estimate of drug-likeness (QED) is 0.610. The number of carboxylic acid groups (broad SMARTS) is 1. The predicted octanol–water partition coefficient (Wildman–Crippen LogP) is 0.829. The molecule has 1 heterocycles. The molecular weight excluding hydrogens is 138 g/mol. The molecule has 4 heteroatoms. The Morgan fingerprint density at radius 3 is 2.78 bits per heavy atom. The van der Waals surface area contributed by atoms with E-state index in [-0.39, 0.29) is 11.3 Å². The average molecular weight is 142 g/mol. The maximum absolute atomic E-state index is 10.2. The van der Waals surface area contributed by atoms with Gasteiger partial charge in [-0.05, 0) is 0 Å². The zero-order valence-electron chi connectivity index (χ0n) is 4.42. The summed E-state index contributed by atoms with van der Waals surface area (Å²) in [4.78, 5) is 10.2. The van der Waals surface area contributed by atoms with Crippen LogP contribution in [0.25, 0.3) is 0 Å². The van der Waals surface area contributed by atoms with Crippen molar-refractivity contribution in [1.82, 2.24) is 0 Å². The van der Waals surface area contributed by atoms with Crippen LogP contribution in [0.5, 0.6) is 0 Å². The first-order valence-corrected chi connectivity index (χ1v) is 3.07. The number of hydrogen-bond donors (Lipinski definition) is 2. The number of carbonyl (C=O) groups is 1. The van der Waals surface area contributed by atoms with Crippen molar-refractivity contribution >= 4 is 23.0 Å². The first-order chi connectivity index (χ1) is 4.22. The highest BCUT2D eigenvalue weighted by Gasteiger charge is 2.06. The van der Waals surface area contributed by atoms with Crippen LogP contribution in [0.2, 0.25) is 0 Å². The molecular formula is C5H4NO2S. The standard InChI is InChI=1S/C5H4NO2S/c6-4-2-9-1-3(4)5(7)8/h1H,6H2,(H,7,8). The molecule has 0 aliphatic rings. The summed E-state index contributed by atoms with van der Waals surface area (Å²) in [7, 11) is 0. The van der Waals surface area contributed by atoms with Crippen molar-refractivity contribution in [3.05, 3.63) is 16.3 Å². The van der Waals surface area contributed by atoms with Gasteiger partial charge >= 0.3 is 5.97 Å². The van der Waals surface area contributed by atoms with Gasteiger partial charge in [-0.15, -0.1) is 11.3 Å². The molecule has 0 aliphatic heterocycles. The van der Waals surface area contributed by atoms with E-state index in [9.17, 15) is 4.79 Å². The maximum atomic E-state index is 10.2. The Bertz CT molecular complexity index is 231. The Kier molecular flexibility index (Phi) is 1.40. The molecule has 0 aromatic carbocycles. The SMILES string of the molecule is Nc1[c]scc1C(=O)O. The molecule has 0 spiro atoms. The molecule has 0 aliphatic carbocycles. The topological polar surface area (TPSA) is 63.3 Å². The summed E-state index contributed by atoms with van der Waals surface area (Å²) in [5, 5.41) is 12.4. The van der Waals surface area contributed by atoms with E-state index in [1.165, 1.54) is 5.38 Å². The lowest BCUT2D eigenvalue weighted by molar-refractivity contribution is 0.0698. The van der Waals surface area contributed by atoms with Gasteiger partial charge in [-0.25, -0.2) is 4.79 Å². The van der Waals surface area contributed by atoms with Crippen LogP contribution in [0.1, 0.15) is 10.4 Å². The Hall–Kier alpha value is -1.03. The minimum Gasteiger partial charge on any atom is -0.478 e. The molecule has 0 fully saturated rings. The third-order valence-corrected chi connectivity index (χ3v) is 1.56. The van der Waals surface area contributed by atoms with Crippen LogP contribution in [0.3, 0.4) is 0 Å². The molecule has 47 valence electrons. The van der Waals surface area contributed by atoms with Crippen LogP contribution in [-0.4, -0.2) is 11.1 Å². The molecule has 1 aromatic rings. The zero-order chi connectivity index (χ0) is 6.85. The van der Waals surface area contributed by atoms with Crippen LogP contribution in [-0.2, 0) is 0 Å². The number of aromatic carboxylic acids is 1. The Morgan fingerprint density at radius 1 is 1.89 bits per heavy atom. The van der Waals surface area contributed by atoms with E-state index in [1.54, 1.807) is 0 Å². The summed E-state index contributed by atoms with van der Waals surface area (Å²) >= 11 is 1.16. The number of hydrogen-bond acceptors (Lipinski definition) is 3. The third-order valence-electron chi connectivity index (χ3n) is 0.866. The van der Waals surface area contributed by atoms with E-state index in [0.717, 1.165) is 11.3 Å². The van der Waals surface area contributed by atoms with Crippen molar-refractivity contribution in [3.63, 3.8) is 0 Å². The number of carboxylic acids is 1. The van der Waals surface area contributed by atoms with Crippen LogP contribution in [0.4, 0.5) is 5.69 Å². The highest BCUT2D eigenvalue weighted by molar-refractivity contribution is 7.08. The Balaban J connectivity index is 3.08. The van der Waals surface area contributed by atoms with Gasteiger partial charge in [0.05, 0.1) is 16.6 Å². The normalized spacial score (nSPS) is 9.33. The third kappa shape index (κ3) is 1.02. The number of nitrogen functional groups attached to an aromatic ring is 1. The number of rotatable bonds is 1. The van der Waals surface area contributed by atoms with Crippen LogP contribution >= 0.6 is 11.3 Å². The van der Waals surface area contributed by atoms with Gasteiger partial charge in [0.2, 0.25) is 0 Å². The van der Waals surface area contributed by atoms with Gasteiger partial charge in [0, 0.05) is 5.38 Å². The molecule has 0 unspecified atom stereocenters. The fourth-order valence-electron chi connectivity index (χ4n) is 0.436. The van der Waals surface area contributed by atoms with Crippen molar-refractivity contribution in [3.8, 4) is 0 Å². The molecule has 0 saturated heterocycles. The zero-order valence-corrected chi connectivity index (χ0v) is 5.23. The smallest absolute Gasteiger partial charge is 0.338 e. The monoisotopic (exact) mass is 142 g/mol. The molecule has 0 amide bonds. The van der Waals surface area contributed by atoms with E-state index < -0.39 is 5.97 Å². The van der Waals surface area contributed by atoms with Crippen LogP contribution in [0, 0.1) is 5.38 Å². The second-order valence-electron chi connectivity index (χ2n) is 1.47. The summed E-state index contributed by atoms with van der Waals surface area (Å²) < 4.78 is 0. The number of nitrogens with two attached hydrogens (primary N) is 1. The highest BCUT2D eigenvalue weighted by Crippen LogP contribution is 2.15. The van der Waals surface area contributed by atoms with E-state index in [4.69, 9.17) is 10.8 Å². The summed E-state index contributed by atoms with van der Waals surface area (Å²) in [5.41, 5.74) is 5.57. The summed E-state index contributed by atoms with van der Waals surface area (Å²) in [6.07, 6.45) is 0. The molecule has 1 aromatic heterocycles. The number of anilines is 1. The van der Waals surface area contributed by atoms with Crippen LogP contribution < -0.4 is 5.73 Å². The van der Waals surface area contributed by atoms with Crippen molar-refractivity contribution in [1.29, 1.82) is 0 Å². The molecule has 9 heavy (non-hydrogen) atoms. The summed E-state index contributed by atoms with van der Waals surface area (Å²) in [5.74, 6) is -0.995. The van der Waals surface area contributed by atoms with E-state index in [1.807, 2.05) is 0 Å². The minimum absolute atomic E-state index is 0.139. The highest BCUT2D eigenvalue weighted by atomic mass is 32.1. The Morgan fingerprint density at radius 2 is 2.56 bits per heavy atom. The average Bonchev–Trinajstić information content (AvgIpc) is 2.13. The maximum Gasteiger partial charge on any atom is 0.338 e. The second-order valence-corrected chi connectivity index (χ2v) is 2.15. The lowest BCUT2D eigenvalue weighted by atomic mass is 10.3. The fraction of sp³-hybridized carbons (Fsp3) is 0. The van der Waals surface area contributed by atoms with Crippen LogP contribution in [0.15, 0.2) is 5.38 Å². The van der Waals surface area contributed by atoms with Gasteiger partial charge in [0.25, 0.3) is 0 Å². The molecule has 0 atom stereocenters. The summed E-state index contributed by atoms with van der Waals surface area (Å²) in [6.45, 7) is 0. The van der Waals surface area contributed by atoms with Gasteiger partial charge in [-0.1, -0.05) is 0 Å². The molecule has 0 saturated carbocycles. The first kappa shape index (κ1) is 6.10. The van der Waals surface area contributed by atoms with Gasteiger partial charge in [0.15, 0.2) is 0 Å². The molecule has 3 N–H and O–H groups in total. The van der Waals surface area contributed by atoms with Gasteiger partial charge in [-0.3, -0.25) is 0 Å². The van der Waals surface area contributed by atoms with Crippen molar-refractivity contribution in [2.45, 2.75) is 0 Å². The molecule has 0 bridgehead atoms. The van der Waals surface area contributed by atoms with Crippen molar-refractivity contribution in [2.24, 2.45) is 0 Å². The largest absolute Gasteiger partial charge is 0.478 e.